The summed E-state index contributed by atoms with van der Waals surface area (Å²) in [6, 6.07) is 16.5. The number of thiophene rings is 1. The molecule has 2 aromatic carbocycles. The van der Waals surface area contributed by atoms with E-state index in [1.807, 2.05) is 11.3 Å². The maximum absolute atomic E-state index is 2.57. The maximum atomic E-state index is 2.57. The predicted octanol–water partition coefficient (Wildman–Crippen LogP) is 5.47. The van der Waals surface area contributed by atoms with E-state index in [1.165, 1.54) is 64.8 Å². The van der Waals surface area contributed by atoms with Gasteiger partial charge >= 0.3 is 0 Å². The molecule has 3 heteroatoms. The van der Waals surface area contributed by atoms with E-state index in [-0.39, 0.29) is 0 Å². The van der Waals surface area contributed by atoms with E-state index in [1.54, 1.807) is 0 Å². The molecule has 0 spiro atoms. The number of hydrogen-bond donors (Lipinski definition) is 0. The smallest absolute Gasteiger partial charge is 0.0369 e. The molecular formula is C23H26N2S. The molecule has 3 aromatic rings. The van der Waals surface area contributed by atoms with E-state index in [4.69, 9.17) is 0 Å². The van der Waals surface area contributed by atoms with Gasteiger partial charge in [0.25, 0.3) is 0 Å². The highest BCUT2D eigenvalue weighted by atomic mass is 32.1. The lowest BCUT2D eigenvalue weighted by atomic mass is 9.84. The number of benzene rings is 2. The fourth-order valence-corrected chi connectivity index (χ4v) is 5.44. The van der Waals surface area contributed by atoms with Gasteiger partial charge in [-0.15, -0.1) is 11.3 Å². The number of piperidine rings is 1. The third-order valence-electron chi connectivity index (χ3n) is 6.04. The molecule has 1 atom stereocenters. The first-order chi connectivity index (χ1) is 12.8. The molecule has 0 N–H and O–H groups in total. The van der Waals surface area contributed by atoms with Crippen molar-refractivity contribution in [2.24, 2.45) is 0 Å². The molecule has 2 aliphatic rings. The van der Waals surface area contributed by atoms with E-state index in [2.05, 4.69) is 64.7 Å². The van der Waals surface area contributed by atoms with E-state index in [0.717, 1.165) is 13.1 Å². The van der Waals surface area contributed by atoms with Crippen LogP contribution in [-0.2, 0) is 6.54 Å². The zero-order valence-electron chi connectivity index (χ0n) is 15.4. The third kappa shape index (κ3) is 2.93. The fourth-order valence-electron chi connectivity index (χ4n) is 4.67. The number of likely N-dealkylation sites (N-methyl/N-ethyl adjacent to an activating group) is 1. The van der Waals surface area contributed by atoms with Crippen molar-refractivity contribution in [3.63, 3.8) is 0 Å². The molecule has 26 heavy (non-hydrogen) atoms. The summed E-state index contributed by atoms with van der Waals surface area (Å²) < 4.78 is 1.39. The summed E-state index contributed by atoms with van der Waals surface area (Å²) in [6.45, 7) is 4.60. The minimum absolute atomic E-state index is 0.475. The lowest BCUT2D eigenvalue weighted by molar-refractivity contribution is 0.295. The molecule has 1 fully saturated rings. The molecule has 1 aromatic heterocycles. The minimum atomic E-state index is 0.475. The van der Waals surface area contributed by atoms with Crippen LogP contribution < -0.4 is 4.90 Å². The van der Waals surface area contributed by atoms with Crippen LogP contribution in [0.3, 0.4) is 0 Å². The Hall–Kier alpha value is -1.84. The van der Waals surface area contributed by atoms with E-state index >= 15 is 0 Å². The SMILES string of the molecule is CN1Cc2cc(N3CCCCC3)ccc2C(c2ccc3sccc3c2)C1. The van der Waals surface area contributed by atoms with Gasteiger partial charge in [0.05, 0.1) is 0 Å². The van der Waals surface area contributed by atoms with Gasteiger partial charge in [-0.3, -0.25) is 0 Å². The average Bonchev–Trinajstić information content (AvgIpc) is 3.15. The summed E-state index contributed by atoms with van der Waals surface area (Å²) in [6.07, 6.45) is 4.05. The molecule has 1 unspecified atom stereocenters. The van der Waals surface area contributed by atoms with Crippen molar-refractivity contribution in [3.05, 3.63) is 64.5 Å². The van der Waals surface area contributed by atoms with Gasteiger partial charge in [0.1, 0.15) is 0 Å². The first kappa shape index (κ1) is 16.3. The molecule has 0 amide bonds. The van der Waals surface area contributed by atoms with Crippen molar-refractivity contribution in [2.75, 3.05) is 31.6 Å². The van der Waals surface area contributed by atoms with Gasteiger partial charge in [0, 0.05) is 42.5 Å². The van der Waals surface area contributed by atoms with E-state index < -0.39 is 0 Å². The highest BCUT2D eigenvalue weighted by Crippen LogP contribution is 2.37. The minimum Gasteiger partial charge on any atom is -0.372 e. The van der Waals surface area contributed by atoms with Gasteiger partial charge in [-0.25, -0.2) is 0 Å². The Labute approximate surface area is 160 Å². The number of rotatable bonds is 2. The van der Waals surface area contributed by atoms with E-state index in [0.29, 0.717) is 5.92 Å². The standard InChI is InChI=1S/C23H26N2S/c1-24-15-19-14-20(25-10-3-2-4-11-25)6-7-21(19)22(16-24)17-5-8-23-18(13-17)9-12-26-23/h5-9,12-14,22H,2-4,10-11,15-16H2,1H3. The van der Waals surface area contributed by atoms with Crippen LogP contribution >= 0.6 is 11.3 Å². The summed E-state index contributed by atoms with van der Waals surface area (Å²) in [5.74, 6) is 0.475. The van der Waals surface area contributed by atoms with Crippen LogP contribution in [0.4, 0.5) is 5.69 Å². The van der Waals surface area contributed by atoms with Crippen molar-refractivity contribution < 1.29 is 0 Å². The van der Waals surface area contributed by atoms with Crippen LogP contribution in [0.5, 0.6) is 0 Å². The lowest BCUT2D eigenvalue weighted by Crippen LogP contribution is -2.32. The van der Waals surface area contributed by atoms with Gasteiger partial charge in [-0.05, 0) is 84.1 Å². The summed E-state index contributed by atoms with van der Waals surface area (Å²) in [5, 5.41) is 3.58. The topological polar surface area (TPSA) is 6.48 Å². The Morgan fingerprint density at radius 1 is 0.962 bits per heavy atom. The Balaban J connectivity index is 1.52. The summed E-state index contributed by atoms with van der Waals surface area (Å²) in [5.41, 5.74) is 5.91. The Bertz CT molecular complexity index is 923. The molecule has 0 aliphatic carbocycles. The zero-order valence-corrected chi connectivity index (χ0v) is 16.3. The van der Waals surface area contributed by atoms with Crippen LogP contribution in [0.25, 0.3) is 10.1 Å². The average molecular weight is 363 g/mol. The maximum Gasteiger partial charge on any atom is 0.0369 e. The molecule has 134 valence electrons. The van der Waals surface area contributed by atoms with Crippen molar-refractivity contribution in [3.8, 4) is 0 Å². The summed E-state index contributed by atoms with van der Waals surface area (Å²) >= 11 is 1.83. The van der Waals surface area contributed by atoms with Crippen molar-refractivity contribution in [1.82, 2.24) is 4.90 Å². The largest absolute Gasteiger partial charge is 0.372 e. The number of nitrogens with zero attached hydrogens (tertiary/aromatic N) is 2. The normalized spacial score (nSPS) is 21.1. The monoisotopic (exact) mass is 362 g/mol. The van der Waals surface area contributed by atoms with Gasteiger partial charge in [0.15, 0.2) is 0 Å². The number of anilines is 1. The first-order valence-electron chi connectivity index (χ1n) is 9.81. The Morgan fingerprint density at radius 3 is 2.73 bits per heavy atom. The van der Waals surface area contributed by atoms with Crippen LogP contribution in [0.15, 0.2) is 47.8 Å². The molecule has 0 bridgehead atoms. The molecule has 0 saturated carbocycles. The summed E-state index contributed by atoms with van der Waals surface area (Å²) in [4.78, 5) is 5.05. The van der Waals surface area contributed by atoms with E-state index in [9.17, 15) is 0 Å². The highest BCUT2D eigenvalue weighted by molar-refractivity contribution is 7.17. The summed E-state index contributed by atoms with van der Waals surface area (Å²) in [7, 11) is 2.26. The molecule has 1 saturated heterocycles. The Morgan fingerprint density at radius 2 is 1.85 bits per heavy atom. The molecule has 5 rings (SSSR count). The third-order valence-corrected chi connectivity index (χ3v) is 6.93. The first-order valence-corrected chi connectivity index (χ1v) is 10.7. The van der Waals surface area contributed by atoms with Crippen molar-refractivity contribution >= 4 is 27.1 Å². The van der Waals surface area contributed by atoms with Crippen LogP contribution in [0.1, 0.15) is 41.9 Å². The molecule has 3 heterocycles. The molecule has 2 nitrogen and oxygen atoms in total. The number of hydrogen-bond acceptors (Lipinski definition) is 3. The molecule has 0 radical (unpaired) electrons. The fraction of sp³-hybridized carbons (Fsp3) is 0.391. The van der Waals surface area contributed by atoms with Crippen molar-refractivity contribution in [1.29, 1.82) is 0 Å². The van der Waals surface area contributed by atoms with Gasteiger partial charge < -0.3 is 9.80 Å². The van der Waals surface area contributed by atoms with Crippen LogP contribution in [-0.4, -0.2) is 31.6 Å². The van der Waals surface area contributed by atoms with Crippen molar-refractivity contribution in [2.45, 2.75) is 31.7 Å². The van der Waals surface area contributed by atoms with Crippen LogP contribution in [0, 0.1) is 0 Å². The Kier molecular flexibility index (Phi) is 4.22. The lowest BCUT2D eigenvalue weighted by Gasteiger charge is -2.35. The second kappa shape index (κ2) is 6.71. The quantitative estimate of drug-likeness (QED) is 0.596. The second-order valence-electron chi connectivity index (χ2n) is 7.90. The number of fused-ring (bicyclic) bond motifs is 2. The second-order valence-corrected chi connectivity index (χ2v) is 8.85. The highest BCUT2D eigenvalue weighted by Gasteiger charge is 2.26. The van der Waals surface area contributed by atoms with Gasteiger partial charge in [-0.2, -0.15) is 0 Å². The van der Waals surface area contributed by atoms with Crippen LogP contribution in [0.2, 0.25) is 0 Å². The predicted molar refractivity (Wildman–Crippen MR) is 113 cm³/mol. The van der Waals surface area contributed by atoms with Gasteiger partial charge in [0.2, 0.25) is 0 Å². The molecular weight excluding hydrogens is 336 g/mol. The zero-order chi connectivity index (χ0) is 17.5. The van der Waals surface area contributed by atoms with Gasteiger partial charge in [-0.1, -0.05) is 12.1 Å². The molecule has 2 aliphatic heterocycles.